The Morgan fingerprint density at radius 2 is 1.86 bits per heavy atom. The maximum absolute atomic E-state index is 12.7. The van der Waals surface area contributed by atoms with E-state index in [1.807, 2.05) is 34.1 Å². The highest BCUT2D eigenvalue weighted by molar-refractivity contribution is 5.75. The lowest BCUT2D eigenvalue weighted by molar-refractivity contribution is 0.121. The van der Waals surface area contributed by atoms with E-state index in [0.717, 1.165) is 43.1 Å². The first-order chi connectivity index (χ1) is 9.97. The lowest BCUT2D eigenvalue weighted by Crippen LogP contribution is -2.48. The summed E-state index contributed by atoms with van der Waals surface area (Å²) in [6, 6.07) is 8.12. The quantitative estimate of drug-likeness (QED) is 0.868. The van der Waals surface area contributed by atoms with Crippen molar-refractivity contribution < 1.29 is 4.79 Å². The summed E-state index contributed by atoms with van der Waals surface area (Å²) >= 11 is 0. The van der Waals surface area contributed by atoms with Crippen LogP contribution in [0.1, 0.15) is 39.2 Å². The van der Waals surface area contributed by atoms with Crippen LogP contribution in [0.5, 0.6) is 0 Å². The molecule has 4 heteroatoms. The lowest BCUT2D eigenvalue weighted by Gasteiger charge is -2.36. The minimum absolute atomic E-state index is 0.161. The number of nitrogens with two attached hydrogens (primary N) is 1. The van der Waals surface area contributed by atoms with Gasteiger partial charge in [0.05, 0.1) is 0 Å². The van der Waals surface area contributed by atoms with E-state index < -0.39 is 0 Å². The molecule has 0 radical (unpaired) electrons. The maximum atomic E-state index is 12.7. The van der Waals surface area contributed by atoms with Gasteiger partial charge in [-0.1, -0.05) is 19.1 Å². The SMILES string of the molecule is CC1CCN(C(=O)N(Cc2ccc(N)cc2)C(C)C)CC1. The van der Waals surface area contributed by atoms with Crippen molar-refractivity contribution in [2.75, 3.05) is 18.8 Å². The van der Waals surface area contributed by atoms with Crippen LogP contribution in [0, 0.1) is 5.92 Å². The van der Waals surface area contributed by atoms with Crippen molar-refractivity contribution in [3.05, 3.63) is 29.8 Å². The van der Waals surface area contributed by atoms with Crippen molar-refractivity contribution in [1.82, 2.24) is 9.80 Å². The second-order valence-corrected chi connectivity index (χ2v) is 6.42. The average molecular weight is 289 g/mol. The molecule has 1 aliphatic rings. The van der Waals surface area contributed by atoms with Gasteiger partial charge in [-0.05, 0) is 50.3 Å². The van der Waals surface area contributed by atoms with Gasteiger partial charge in [0.2, 0.25) is 0 Å². The van der Waals surface area contributed by atoms with Crippen LogP contribution in [-0.2, 0) is 6.54 Å². The average Bonchev–Trinajstić information content (AvgIpc) is 2.46. The first-order valence-electron chi connectivity index (χ1n) is 7.87. The topological polar surface area (TPSA) is 49.6 Å². The maximum Gasteiger partial charge on any atom is 0.320 e. The Balaban J connectivity index is 2.04. The Morgan fingerprint density at radius 1 is 1.29 bits per heavy atom. The fourth-order valence-electron chi connectivity index (χ4n) is 2.67. The highest BCUT2D eigenvalue weighted by Gasteiger charge is 2.26. The molecule has 4 nitrogen and oxygen atoms in total. The van der Waals surface area contributed by atoms with Crippen molar-refractivity contribution in [2.24, 2.45) is 5.92 Å². The molecule has 1 heterocycles. The number of hydrogen-bond donors (Lipinski definition) is 1. The van der Waals surface area contributed by atoms with Crippen LogP contribution >= 0.6 is 0 Å². The fraction of sp³-hybridized carbons (Fsp3) is 0.588. The minimum atomic E-state index is 0.161. The number of anilines is 1. The molecule has 1 saturated heterocycles. The van der Waals surface area contributed by atoms with Crippen LogP contribution in [0.3, 0.4) is 0 Å². The zero-order valence-corrected chi connectivity index (χ0v) is 13.4. The molecule has 2 rings (SSSR count). The second-order valence-electron chi connectivity index (χ2n) is 6.42. The van der Waals surface area contributed by atoms with Gasteiger partial charge in [-0.3, -0.25) is 0 Å². The van der Waals surface area contributed by atoms with Crippen LogP contribution in [0.15, 0.2) is 24.3 Å². The number of rotatable bonds is 3. The molecule has 0 atom stereocenters. The summed E-state index contributed by atoms with van der Waals surface area (Å²) < 4.78 is 0. The minimum Gasteiger partial charge on any atom is -0.399 e. The van der Waals surface area contributed by atoms with Crippen LogP contribution in [-0.4, -0.2) is 35.0 Å². The molecule has 0 saturated carbocycles. The third-order valence-corrected chi connectivity index (χ3v) is 4.26. The summed E-state index contributed by atoms with van der Waals surface area (Å²) in [7, 11) is 0. The number of nitrogen functional groups attached to an aromatic ring is 1. The zero-order chi connectivity index (χ0) is 15.4. The van der Waals surface area contributed by atoms with Crippen molar-refractivity contribution in [3.63, 3.8) is 0 Å². The standard InChI is InChI=1S/C17H27N3O/c1-13(2)20(12-15-4-6-16(18)7-5-15)17(21)19-10-8-14(3)9-11-19/h4-7,13-14H,8-12,18H2,1-3H3. The summed E-state index contributed by atoms with van der Waals surface area (Å²) in [4.78, 5) is 16.7. The molecule has 0 aromatic heterocycles. The van der Waals surface area contributed by atoms with Crippen molar-refractivity contribution >= 4 is 11.7 Å². The largest absolute Gasteiger partial charge is 0.399 e. The second kappa shape index (κ2) is 6.83. The molecule has 0 bridgehead atoms. The Bertz CT molecular complexity index is 461. The normalized spacial score (nSPS) is 16.3. The smallest absolute Gasteiger partial charge is 0.320 e. The number of likely N-dealkylation sites (tertiary alicyclic amines) is 1. The van der Waals surface area contributed by atoms with Gasteiger partial charge >= 0.3 is 6.03 Å². The Labute approximate surface area is 127 Å². The van der Waals surface area contributed by atoms with Crippen LogP contribution in [0.25, 0.3) is 0 Å². The lowest BCUT2D eigenvalue weighted by atomic mass is 9.99. The van der Waals surface area contributed by atoms with Gasteiger partial charge in [-0.25, -0.2) is 4.79 Å². The van der Waals surface area contributed by atoms with Gasteiger partial charge in [-0.15, -0.1) is 0 Å². The first kappa shape index (κ1) is 15.7. The molecule has 116 valence electrons. The van der Waals surface area contributed by atoms with E-state index in [4.69, 9.17) is 5.73 Å². The van der Waals surface area contributed by atoms with Crippen LogP contribution in [0.4, 0.5) is 10.5 Å². The first-order valence-corrected chi connectivity index (χ1v) is 7.87. The molecule has 1 fully saturated rings. The number of benzene rings is 1. The molecule has 21 heavy (non-hydrogen) atoms. The van der Waals surface area contributed by atoms with E-state index in [9.17, 15) is 4.79 Å². The van der Waals surface area contributed by atoms with E-state index >= 15 is 0 Å². The van der Waals surface area contributed by atoms with Crippen molar-refractivity contribution in [3.8, 4) is 0 Å². The van der Waals surface area contributed by atoms with E-state index in [2.05, 4.69) is 20.8 Å². The number of urea groups is 1. The Hall–Kier alpha value is -1.71. The van der Waals surface area contributed by atoms with Gasteiger partial charge in [0.25, 0.3) is 0 Å². The predicted octanol–water partition coefficient (Wildman–Crippen LogP) is 3.33. The van der Waals surface area contributed by atoms with E-state index in [-0.39, 0.29) is 12.1 Å². The van der Waals surface area contributed by atoms with Crippen LogP contribution in [0.2, 0.25) is 0 Å². The van der Waals surface area contributed by atoms with Gasteiger partial charge < -0.3 is 15.5 Å². The highest BCUT2D eigenvalue weighted by Crippen LogP contribution is 2.19. The number of piperidine rings is 1. The van der Waals surface area contributed by atoms with E-state index in [1.54, 1.807) is 0 Å². The summed E-state index contributed by atoms with van der Waals surface area (Å²) in [5.41, 5.74) is 7.60. The van der Waals surface area contributed by atoms with Gasteiger partial charge in [0.15, 0.2) is 0 Å². The predicted molar refractivity (Wildman–Crippen MR) is 86.9 cm³/mol. The molecule has 2 amide bonds. The van der Waals surface area contributed by atoms with E-state index in [0.29, 0.717) is 6.54 Å². The number of carbonyl (C=O) groups is 1. The number of hydrogen-bond acceptors (Lipinski definition) is 2. The van der Waals surface area contributed by atoms with Gasteiger partial charge in [-0.2, -0.15) is 0 Å². The highest BCUT2D eigenvalue weighted by atomic mass is 16.2. The summed E-state index contributed by atoms with van der Waals surface area (Å²) in [6.45, 7) is 8.80. The van der Waals surface area contributed by atoms with Crippen molar-refractivity contribution in [1.29, 1.82) is 0 Å². The molecule has 2 N–H and O–H groups in total. The third kappa shape index (κ3) is 4.13. The zero-order valence-electron chi connectivity index (χ0n) is 13.4. The van der Waals surface area contributed by atoms with Crippen molar-refractivity contribution in [2.45, 2.75) is 46.2 Å². The van der Waals surface area contributed by atoms with Gasteiger partial charge in [0, 0.05) is 31.4 Å². The molecule has 1 aromatic rings. The van der Waals surface area contributed by atoms with Gasteiger partial charge in [0.1, 0.15) is 0 Å². The molecule has 0 spiro atoms. The Morgan fingerprint density at radius 3 is 2.38 bits per heavy atom. The fourth-order valence-corrected chi connectivity index (χ4v) is 2.67. The molecule has 0 unspecified atom stereocenters. The summed E-state index contributed by atoms with van der Waals surface area (Å²) in [6.07, 6.45) is 2.22. The Kier molecular flexibility index (Phi) is 5.10. The number of amides is 2. The molecule has 0 aliphatic carbocycles. The molecule has 1 aliphatic heterocycles. The van der Waals surface area contributed by atoms with E-state index in [1.165, 1.54) is 0 Å². The summed E-state index contributed by atoms with van der Waals surface area (Å²) in [5, 5.41) is 0. The third-order valence-electron chi connectivity index (χ3n) is 4.26. The van der Waals surface area contributed by atoms with Crippen LogP contribution < -0.4 is 5.73 Å². The number of carbonyl (C=O) groups excluding carboxylic acids is 1. The number of nitrogens with zero attached hydrogens (tertiary/aromatic N) is 2. The molecular weight excluding hydrogens is 262 g/mol. The monoisotopic (exact) mass is 289 g/mol. The summed E-state index contributed by atoms with van der Waals surface area (Å²) in [5.74, 6) is 0.735. The molecular formula is C17H27N3O. The molecule has 1 aromatic carbocycles.